The number of hydrogen-bond acceptors (Lipinski definition) is 6. The molecule has 4 rings (SSSR count). The summed E-state index contributed by atoms with van der Waals surface area (Å²) in [5.41, 5.74) is 2.75. The zero-order chi connectivity index (χ0) is 28.7. The van der Waals surface area contributed by atoms with Crippen LogP contribution in [0, 0.1) is 31.6 Å². The molecule has 3 aliphatic heterocycles. The van der Waals surface area contributed by atoms with E-state index in [1.54, 1.807) is 27.6 Å². The van der Waals surface area contributed by atoms with Crippen molar-refractivity contribution >= 4 is 35.2 Å². The number of amides is 2. The van der Waals surface area contributed by atoms with Gasteiger partial charge in [0.05, 0.1) is 29.2 Å². The summed E-state index contributed by atoms with van der Waals surface area (Å²) in [6.07, 6.45) is 5.10. The minimum absolute atomic E-state index is 0.0719. The molecule has 2 amide bonds. The average molecular weight is 555 g/mol. The summed E-state index contributed by atoms with van der Waals surface area (Å²) in [6.45, 7) is 17.7. The van der Waals surface area contributed by atoms with Crippen LogP contribution in [0.4, 0.5) is 5.69 Å². The minimum atomic E-state index is -0.824. The van der Waals surface area contributed by atoms with Gasteiger partial charge in [-0.25, -0.2) is 0 Å². The number of esters is 1. The number of aliphatic hydroxyl groups excluding tert-OH is 1. The Hall–Kier alpha value is -2.58. The van der Waals surface area contributed by atoms with Gasteiger partial charge in [-0.15, -0.1) is 18.3 Å². The van der Waals surface area contributed by atoms with Crippen LogP contribution in [0.1, 0.15) is 51.2 Å². The fourth-order valence-corrected chi connectivity index (χ4v) is 9.36. The van der Waals surface area contributed by atoms with Crippen LogP contribution in [0.5, 0.6) is 0 Å². The number of carbonyl (C=O) groups is 3. The maximum atomic E-state index is 14.8. The van der Waals surface area contributed by atoms with E-state index in [0.29, 0.717) is 19.3 Å². The molecule has 7 nitrogen and oxygen atoms in total. The zero-order valence-electron chi connectivity index (χ0n) is 23.8. The number of ether oxygens (including phenoxy) is 1. The molecule has 39 heavy (non-hydrogen) atoms. The first kappa shape index (κ1) is 29.4. The summed E-state index contributed by atoms with van der Waals surface area (Å²) >= 11 is 1.61. The third kappa shape index (κ3) is 4.84. The Kier molecular flexibility index (Phi) is 8.39. The van der Waals surface area contributed by atoms with Gasteiger partial charge in [-0.2, -0.15) is 0 Å². The zero-order valence-corrected chi connectivity index (χ0v) is 24.6. The fraction of sp³-hybridized carbons (Fsp3) is 0.581. The summed E-state index contributed by atoms with van der Waals surface area (Å²) in [6, 6.07) is 4.63. The lowest BCUT2D eigenvalue weighted by Crippen LogP contribution is -2.58. The molecule has 3 saturated heterocycles. The second-order valence-corrected chi connectivity index (χ2v) is 13.8. The molecule has 1 N–H and O–H groups in total. The lowest BCUT2D eigenvalue weighted by Gasteiger charge is -2.40. The number of aliphatic hydroxyl groups is 1. The smallest absolute Gasteiger partial charge is 0.311 e. The van der Waals surface area contributed by atoms with Gasteiger partial charge in [0.25, 0.3) is 5.91 Å². The van der Waals surface area contributed by atoms with Crippen molar-refractivity contribution in [3.63, 3.8) is 0 Å². The molecule has 1 aromatic rings. The summed E-state index contributed by atoms with van der Waals surface area (Å²) in [5, 5.41) is 10.5. The number of aryl methyl sites for hydroxylation is 2. The molecule has 0 saturated carbocycles. The number of benzene rings is 1. The van der Waals surface area contributed by atoms with Crippen molar-refractivity contribution in [1.29, 1.82) is 0 Å². The Morgan fingerprint density at radius 2 is 1.97 bits per heavy atom. The monoisotopic (exact) mass is 554 g/mol. The van der Waals surface area contributed by atoms with Crippen molar-refractivity contribution < 1.29 is 24.2 Å². The number of hydrogen-bond donors (Lipinski definition) is 1. The van der Waals surface area contributed by atoms with Crippen LogP contribution in [-0.2, 0) is 19.1 Å². The first-order valence-electron chi connectivity index (χ1n) is 13.9. The van der Waals surface area contributed by atoms with Gasteiger partial charge in [0.2, 0.25) is 5.91 Å². The van der Waals surface area contributed by atoms with E-state index in [2.05, 4.69) is 13.2 Å². The normalized spacial score (nSPS) is 29.9. The van der Waals surface area contributed by atoms with Crippen LogP contribution in [-0.4, -0.2) is 69.1 Å². The van der Waals surface area contributed by atoms with Crippen LogP contribution < -0.4 is 4.90 Å². The van der Waals surface area contributed by atoms with Crippen LogP contribution in [0.2, 0.25) is 0 Å². The number of fused-ring (bicyclic) bond motifs is 1. The van der Waals surface area contributed by atoms with Crippen LogP contribution in [0.25, 0.3) is 0 Å². The molecule has 8 heteroatoms. The Labute approximate surface area is 236 Å². The van der Waals surface area contributed by atoms with Gasteiger partial charge in [0, 0.05) is 17.0 Å². The van der Waals surface area contributed by atoms with Crippen molar-refractivity contribution in [2.45, 2.75) is 75.5 Å². The molecule has 0 aromatic heterocycles. The van der Waals surface area contributed by atoms with Gasteiger partial charge in [0.15, 0.2) is 0 Å². The Morgan fingerprint density at radius 1 is 1.26 bits per heavy atom. The summed E-state index contributed by atoms with van der Waals surface area (Å²) in [4.78, 5) is 46.0. The maximum Gasteiger partial charge on any atom is 0.311 e. The van der Waals surface area contributed by atoms with Crippen molar-refractivity contribution in [2.24, 2.45) is 17.8 Å². The molecule has 6 atom stereocenters. The molecule has 1 aromatic carbocycles. The number of thioether (sulfide) groups is 1. The second-order valence-electron chi connectivity index (χ2n) is 11.9. The Balaban J connectivity index is 1.87. The molecule has 0 aliphatic carbocycles. The molecule has 0 radical (unpaired) electrons. The van der Waals surface area contributed by atoms with E-state index in [4.69, 9.17) is 4.74 Å². The number of anilines is 1. The van der Waals surface area contributed by atoms with Gasteiger partial charge in [-0.3, -0.25) is 14.4 Å². The highest BCUT2D eigenvalue weighted by Crippen LogP contribution is 2.72. The third-order valence-corrected chi connectivity index (χ3v) is 10.6. The highest BCUT2D eigenvalue weighted by atomic mass is 32.2. The fourth-order valence-electron chi connectivity index (χ4n) is 7.04. The average Bonchev–Trinajstić information content (AvgIpc) is 3.46. The van der Waals surface area contributed by atoms with Crippen molar-refractivity contribution in [3.8, 4) is 0 Å². The van der Waals surface area contributed by atoms with Crippen LogP contribution in [0.15, 0.2) is 43.5 Å². The maximum absolute atomic E-state index is 14.8. The highest BCUT2D eigenvalue weighted by Gasteiger charge is 2.78. The van der Waals surface area contributed by atoms with Crippen molar-refractivity contribution in [2.75, 3.05) is 24.7 Å². The number of likely N-dealkylation sites (tertiary alicyclic amines) is 1. The molecule has 2 unspecified atom stereocenters. The Bertz CT molecular complexity index is 1170. The highest BCUT2D eigenvalue weighted by molar-refractivity contribution is 8.02. The van der Waals surface area contributed by atoms with Gasteiger partial charge >= 0.3 is 5.97 Å². The SMILES string of the molecule is C=CCOC(=O)[C@@H]1[C@H]2C(=O)N([C@@H](CO)CC(C)C)C(C(=O)N(CC=C)c3cc(C)ccc3C)C23CC[C@@]1(C)S3. The molecular weight excluding hydrogens is 512 g/mol. The minimum Gasteiger partial charge on any atom is -0.461 e. The summed E-state index contributed by atoms with van der Waals surface area (Å²) < 4.78 is 4.21. The molecule has 3 fully saturated rings. The van der Waals surface area contributed by atoms with Gasteiger partial charge < -0.3 is 19.6 Å². The molecule has 212 valence electrons. The quantitative estimate of drug-likeness (QED) is 0.322. The van der Waals surface area contributed by atoms with Crippen molar-refractivity contribution in [3.05, 3.63) is 54.6 Å². The molecule has 1 spiro atoms. The third-order valence-electron chi connectivity index (χ3n) is 8.63. The van der Waals surface area contributed by atoms with Gasteiger partial charge in [-0.05, 0) is 63.1 Å². The summed E-state index contributed by atoms with van der Waals surface area (Å²) in [7, 11) is 0. The van der Waals surface area contributed by atoms with E-state index >= 15 is 0 Å². The summed E-state index contributed by atoms with van der Waals surface area (Å²) in [5.74, 6) is -2.02. The first-order chi connectivity index (χ1) is 18.5. The predicted octanol–water partition coefficient (Wildman–Crippen LogP) is 4.44. The predicted molar refractivity (Wildman–Crippen MR) is 156 cm³/mol. The second kappa shape index (κ2) is 11.1. The number of carbonyl (C=O) groups excluding carboxylic acids is 3. The van der Waals surface area contributed by atoms with Gasteiger partial charge in [0.1, 0.15) is 12.6 Å². The van der Waals surface area contributed by atoms with E-state index in [1.165, 1.54) is 6.08 Å². The lowest BCUT2D eigenvalue weighted by atomic mass is 9.66. The van der Waals surface area contributed by atoms with Crippen molar-refractivity contribution in [1.82, 2.24) is 4.90 Å². The van der Waals surface area contributed by atoms with Crippen LogP contribution in [0.3, 0.4) is 0 Å². The van der Waals surface area contributed by atoms with E-state index in [1.807, 2.05) is 52.8 Å². The van der Waals surface area contributed by atoms with Crippen LogP contribution >= 0.6 is 11.8 Å². The largest absolute Gasteiger partial charge is 0.461 e. The lowest BCUT2D eigenvalue weighted by molar-refractivity contribution is -0.155. The molecule has 3 aliphatic rings. The molecule has 2 bridgehead atoms. The standard InChI is InChI=1S/C31H42N2O5S/c1-8-14-32(23-17-20(5)10-11-21(23)6)28(36)26-31-13-12-30(7,39-31)25(29(37)38-15-9-2)24(31)27(35)33(26)22(18-34)16-19(3)4/h8-11,17,19,22,24-26,34H,1-2,12-16,18H2,3-7H3/t22-,24+,25+,26?,30-,31?/m1/s1. The van der Waals surface area contributed by atoms with E-state index < -0.39 is 39.4 Å². The van der Waals surface area contributed by atoms with E-state index in [-0.39, 0.29) is 37.5 Å². The van der Waals surface area contributed by atoms with Gasteiger partial charge in [-0.1, -0.05) is 44.7 Å². The van der Waals surface area contributed by atoms with E-state index in [9.17, 15) is 19.5 Å². The topological polar surface area (TPSA) is 87.1 Å². The number of rotatable bonds is 11. The van der Waals surface area contributed by atoms with E-state index in [0.717, 1.165) is 16.8 Å². The number of nitrogens with zero attached hydrogens (tertiary/aromatic N) is 2. The molecular formula is C31H42N2O5S. The molecule has 3 heterocycles. The Morgan fingerprint density at radius 3 is 2.59 bits per heavy atom. The first-order valence-corrected chi connectivity index (χ1v) is 14.7.